The average molecular weight is 256 g/mol. The first-order valence-electron chi connectivity index (χ1n) is 3.88. The summed E-state index contributed by atoms with van der Waals surface area (Å²) in [5.41, 5.74) is 1.10. The van der Waals surface area contributed by atoms with E-state index in [2.05, 4.69) is 13.2 Å². The third-order valence-corrected chi connectivity index (χ3v) is 1.21. The Morgan fingerprint density at radius 3 is 1.20 bits per heavy atom. The Kier molecular flexibility index (Phi) is 14.7. The zero-order valence-corrected chi connectivity index (χ0v) is 12.1. The van der Waals surface area contributed by atoms with Gasteiger partial charge in [-0.05, 0) is 25.0 Å². The van der Waals surface area contributed by atoms with Crippen molar-refractivity contribution < 1.29 is 29.7 Å². The molecule has 2 N–H and O–H groups in total. The molecule has 0 aliphatic rings. The maximum Gasteiger partial charge on any atom is 2.00 e. The van der Waals surface area contributed by atoms with Crippen molar-refractivity contribution in [3.8, 4) is 11.8 Å². The van der Waals surface area contributed by atoms with Crippen molar-refractivity contribution in [3.63, 3.8) is 0 Å². The molecule has 15 heavy (non-hydrogen) atoms. The topological polar surface area (TPSA) is 40.5 Å². The normalized spacial score (nSPS) is 11.3. The molecule has 0 saturated carbocycles. The molecule has 2 unspecified atom stereocenters. The second-order valence-electron chi connectivity index (χ2n) is 2.79. The van der Waals surface area contributed by atoms with Gasteiger partial charge in [-0.15, -0.1) is 0 Å². The summed E-state index contributed by atoms with van der Waals surface area (Å²) >= 11 is 0. The van der Waals surface area contributed by atoms with E-state index in [1.165, 1.54) is 0 Å². The van der Waals surface area contributed by atoms with Crippen LogP contribution >= 0.6 is 0 Å². The van der Waals surface area contributed by atoms with Gasteiger partial charge in [0.05, 0.1) is 12.2 Å². The van der Waals surface area contributed by atoms with E-state index in [9.17, 15) is 0 Å². The Morgan fingerprint density at radius 2 is 1.20 bits per heavy atom. The molecule has 0 aromatic carbocycles. The first kappa shape index (κ1) is 19.7. The predicted octanol–water partition coefficient (Wildman–Crippen LogP) is 1.02. The van der Waals surface area contributed by atoms with Gasteiger partial charge in [-0.1, -0.05) is 13.2 Å². The summed E-state index contributed by atoms with van der Waals surface area (Å²) < 4.78 is 0. The summed E-state index contributed by atoms with van der Waals surface area (Å²) in [7, 11) is 0. The van der Waals surface area contributed by atoms with Crippen LogP contribution in [-0.2, 0) is 19.5 Å². The molecule has 0 aromatic heterocycles. The molecule has 0 spiro atoms. The second-order valence-corrected chi connectivity index (χ2v) is 2.79. The van der Waals surface area contributed by atoms with Crippen LogP contribution in [0.4, 0.5) is 0 Å². The van der Waals surface area contributed by atoms with E-state index >= 15 is 0 Å². The summed E-state index contributed by atoms with van der Waals surface area (Å²) in [5, 5.41) is 17.1. The summed E-state index contributed by atoms with van der Waals surface area (Å²) in [5.74, 6) is 3.74. The Morgan fingerprint density at radius 1 is 1.00 bits per heavy atom. The van der Waals surface area contributed by atoms with Crippen molar-refractivity contribution in [1.82, 2.24) is 0 Å². The Hall–Kier alpha value is -0.857. The SMILES string of the molecule is [C-]#CC(O)C(=C)C.[C-]#CC(O)C(=C)C.[Zn+2]. The minimum Gasteiger partial charge on any atom is -0.691 e. The molecule has 0 radical (unpaired) electrons. The Bertz CT molecular complexity index is 251. The number of rotatable bonds is 2. The summed E-state index contributed by atoms with van der Waals surface area (Å²) in [6.45, 7) is 10.1. The molecule has 3 heteroatoms. The van der Waals surface area contributed by atoms with Gasteiger partial charge in [0, 0.05) is 0 Å². The molecular weight excluding hydrogens is 242 g/mol. The molecule has 2 atom stereocenters. The van der Waals surface area contributed by atoms with Crippen LogP contribution in [0.1, 0.15) is 13.8 Å². The minimum atomic E-state index is -0.875. The minimum absolute atomic E-state index is 0. The number of hydrogen-bond acceptors (Lipinski definition) is 2. The largest absolute Gasteiger partial charge is 2.00 e. The van der Waals surface area contributed by atoms with Crippen LogP contribution in [0.2, 0.25) is 0 Å². The summed E-state index contributed by atoms with van der Waals surface area (Å²) in [6.07, 6.45) is 11.0. The summed E-state index contributed by atoms with van der Waals surface area (Å²) in [6, 6.07) is 0. The van der Waals surface area contributed by atoms with Crippen LogP contribution in [0.5, 0.6) is 0 Å². The van der Waals surface area contributed by atoms with Crippen LogP contribution in [0.15, 0.2) is 24.3 Å². The molecule has 0 rings (SSSR count). The van der Waals surface area contributed by atoms with Gasteiger partial charge < -0.3 is 34.9 Å². The van der Waals surface area contributed by atoms with E-state index < -0.39 is 12.2 Å². The first-order valence-corrected chi connectivity index (χ1v) is 3.88. The Labute approximate surface area is 105 Å². The molecule has 0 aliphatic carbocycles. The van der Waals surface area contributed by atoms with E-state index in [0.717, 1.165) is 0 Å². The average Bonchev–Trinajstić information content (AvgIpc) is 2.15. The van der Waals surface area contributed by atoms with E-state index in [-0.39, 0.29) is 19.5 Å². The van der Waals surface area contributed by atoms with Crippen LogP contribution in [0.3, 0.4) is 0 Å². The fraction of sp³-hybridized carbons (Fsp3) is 0.333. The van der Waals surface area contributed by atoms with Gasteiger partial charge in [0.15, 0.2) is 0 Å². The van der Waals surface area contributed by atoms with E-state index in [1.807, 2.05) is 11.8 Å². The number of aliphatic hydroxyl groups is 2. The van der Waals surface area contributed by atoms with E-state index in [4.69, 9.17) is 23.1 Å². The quantitative estimate of drug-likeness (QED) is 0.335. The van der Waals surface area contributed by atoms with Gasteiger partial charge >= 0.3 is 19.5 Å². The van der Waals surface area contributed by atoms with Crippen LogP contribution in [-0.4, -0.2) is 22.4 Å². The Balaban J connectivity index is -0.000000180. The second kappa shape index (κ2) is 11.2. The predicted molar refractivity (Wildman–Crippen MR) is 55.9 cm³/mol. The zero-order valence-electron chi connectivity index (χ0n) is 9.17. The van der Waals surface area contributed by atoms with Gasteiger partial charge in [0.2, 0.25) is 0 Å². The molecule has 76 valence electrons. The third kappa shape index (κ3) is 13.1. The van der Waals surface area contributed by atoms with E-state index in [1.54, 1.807) is 13.8 Å². The van der Waals surface area contributed by atoms with Crippen LogP contribution < -0.4 is 0 Å². The first-order chi connectivity index (χ1) is 6.36. The molecule has 0 saturated heterocycles. The maximum atomic E-state index is 8.54. The van der Waals surface area contributed by atoms with Crippen LogP contribution in [0, 0.1) is 24.7 Å². The van der Waals surface area contributed by atoms with Crippen molar-refractivity contribution in [2.45, 2.75) is 26.1 Å². The van der Waals surface area contributed by atoms with Crippen molar-refractivity contribution >= 4 is 0 Å². The third-order valence-electron chi connectivity index (χ3n) is 1.21. The fourth-order valence-corrected chi connectivity index (χ4v) is 0.246. The fourth-order valence-electron chi connectivity index (χ4n) is 0.246. The molecule has 0 amide bonds. The van der Waals surface area contributed by atoms with Crippen molar-refractivity contribution in [2.75, 3.05) is 0 Å². The number of hydrogen-bond donors (Lipinski definition) is 2. The maximum absolute atomic E-state index is 8.54. The molecule has 0 fully saturated rings. The van der Waals surface area contributed by atoms with Crippen molar-refractivity contribution in [3.05, 3.63) is 37.2 Å². The van der Waals surface area contributed by atoms with Gasteiger partial charge in [-0.2, -0.15) is 0 Å². The van der Waals surface area contributed by atoms with Gasteiger partial charge in [-0.3, -0.25) is 0 Å². The molecular formula is C12H14O2Zn. The van der Waals surface area contributed by atoms with Gasteiger partial charge in [0.1, 0.15) is 0 Å². The standard InChI is InChI=1S/2C6H7O.Zn/c2*1-4-6(7)5(2)3;/h2*6-7H,2H2,3H3;/q2*-1;+2. The number of aliphatic hydroxyl groups excluding tert-OH is 2. The van der Waals surface area contributed by atoms with E-state index in [0.29, 0.717) is 11.1 Å². The van der Waals surface area contributed by atoms with Crippen molar-refractivity contribution in [2.24, 2.45) is 0 Å². The molecule has 0 heterocycles. The monoisotopic (exact) mass is 254 g/mol. The molecule has 0 aliphatic heterocycles. The van der Waals surface area contributed by atoms with Gasteiger partial charge in [0.25, 0.3) is 0 Å². The summed E-state index contributed by atoms with van der Waals surface area (Å²) in [4.78, 5) is 0. The molecule has 0 aromatic rings. The zero-order chi connectivity index (χ0) is 11.7. The van der Waals surface area contributed by atoms with Crippen LogP contribution in [0.25, 0.3) is 0 Å². The smallest absolute Gasteiger partial charge is 0.691 e. The van der Waals surface area contributed by atoms with Crippen molar-refractivity contribution in [1.29, 1.82) is 0 Å². The molecule has 2 nitrogen and oxygen atoms in total. The van der Waals surface area contributed by atoms with Gasteiger partial charge in [-0.25, -0.2) is 0 Å². The molecule has 0 bridgehead atoms.